The third-order valence-electron chi connectivity index (χ3n) is 4.68. The van der Waals surface area contributed by atoms with Crippen molar-refractivity contribution in [3.8, 4) is 0 Å². The predicted octanol–water partition coefficient (Wildman–Crippen LogP) is 5.97. The Morgan fingerprint density at radius 1 is 0.833 bits per heavy atom. The Hall–Kier alpha value is -2.54. The number of hydrogen-bond donors (Lipinski definition) is 2. The molecule has 0 fully saturated rings. The van der Waals surface area contributed by atoms with Crippen LogP contribution in [0.4, 0.5) is 11.4 Å². The first-order valence-electron chi connectivity index (χ1n) is 9.04. The van der Waals surface area contributed by atoms with Gasteiger partial charge in [0.1, 0.15) is 4.90 Å². The van der Waals surface area contributed by atoms with E-state index in [9.17, 15) is 13.2 Å². The summed E-state index contributed by atoms with van der Waals surface area (Å²) in [6.07, 6.45) is 0. The lowest BCUT2D eigenvalue weighted by molar-refractivity contribution is 0.102. The molecular weight excluding hydrogens is 443 g/mol. The molecule has 8 heteroatoms. The van der Waals surface area contributed by atoms with Crippen molar-refractivity contribution in [2.75, 3.05) is 10.0 Å². The monoisotopic (exact) mass is 462 g/mol. The molecular formula is C22H20Cl2N2O3S. The maximum atomic E-state index is 12.9. The molecule has 0 aliphatic rings. The fourth-order valence-electron chi connectivity index (χ4n) is 2.83. The summed E-state index contributed by atoms with van der Waals surface area (Å²) in [5.74, 6) is -0.459. The van der Waals surface area contributed by atoms with Crippen LogP contribution in [0.25, 0.3) is 0 Å². The number of aryl methyl sites for hydroxylation is 3. The highest BCUT2D eigenvalue weighted by atomic mass is 35.5. The molecule has 0 saturated carbocycles. The first-order valence-corrected chi connectivity index (χ1v) is 11.3. The minimum absolute atomic E-state index is 0.0190. The Kier molecular flexibility index (Phi) is 6.41. The van der Waals surface area contributed by atoms with E-state index in [1.165, 1.54) is 18.2 Å². The van der Waals surface area contributed by atoms with Crippen LogP contribution in [0.2, 0.25) is 10.0 Å². The van der Waals surface area contributed by atoms with Gasteiger partial charge in [-0.1, -0.05) is 29.3 Å². The number of carbonyl (C=O) groups excluding carboxylic acids is 1. The standard InChI is InChI=1S/C22H20Cl2N2O3S/c1-13-4-7-18(11-14(13)2)26-30(28,29)21-12-16(5-8-19(21)24)22(27)25-20-9-6-17(23)10-15(20)3/h4-12,26H,1-3H3,(H,25,27). The normalized spacial score (nSPS) is 11.2. The zero-order valence-corrected chi connectivity index (χ0v) is 18.9. The number of benzene rings is 3. The van der Waals surface area contributed by atoms with Crippen LogP contribution in [-0.2, 0) is 10.0 Å². The molecule has 0 radical (unpaired) electrons. The number of anilines is 2. The summed E-state index contributed by atoms with van der Waals surface area (Å²) >= 11 is 12.1. The number of amides is 1. The van der Waals surface area contributed by atoms with Gasteiger partial charge in [-0.25, -0.2) is 8.42 Å². The molecule has 1 amide bonds. The van der Waals surface area contributed by atoms with Gasteiger partial charge >= 0.3 is 0 Å². The predicted molar refractivity (Wildman–Crippen MR) is 122 cm³/mol. The van der Waals surface area contributed by atoms with Crippen LogP contribution in [0.1, 0.15) is 27.0 Å². The second-order valence-corrected chi connectivity index (χ2v) is 9.46. The van der Waals surface area contributed by atoms with Crippen molar-refractivity contribution in [2.24, 2.45) is 0 Å². The first-order chi connectivity index (χ1) is 14.1. The van der Waals surface area contributed by atoms with Gasteiger partial charge < -0.3 is 5.32 Å². The fraction of sp³-hybridized carbons (Fsp3) is 0.136. The van der Waals surface area contributed by atoms with Crippen molar-refractivity contribution in [3.63, 3.8) is 0 Å². The largest absolute Gasteiger partial charge is 0.322 e. The van der Waals surface area contributed by atoms with Gasteiger partial charge in [-0.3, -0.25) is 9.52 Å². The van der Waals surface area contributed by atoms with Crippen LogP contribution in [-0.4, -0.2) is 14.3 Å². The lowest BCUT2D eigenvalue weighted by atomic mass is 10.1. The summed E-state index contributed by atoms with van der Waals surface area (Å²) in [4.78, 5) is 12.5. The molecule has 0 heterocycles. The van der Waals surface area contributed by atoms with E-state index in [-0.39, 0.29) is 15.5 Å². The van der Waals surface area contributed by atoms with Crippen molar-refractivity contribution in [1.82, 2.24) is 0 Å². The van der Waals surface area contributed by atoms with Gasteiger partial charge in [0, 0.05) is 22.0 Å². The number of nitrogens with one attached hydrogen (secondary N) is 2. The summed E-state index contributed by atoms with van der Waals surface area (Å²) in [6, 6.07) is 14.4. The Morgan fingerprint density at radius 3 is 2.23 bits per heavy atom. The van der Waals surface area contributed by atoms with Crippen LogP contribution >= 0.6 is 23.2 Å². The molecule has 30 heavy (non-hydrogen) atoms. The highest BCUT2D eigenvalue weighted by Gasteiger charge is 2.21. The molecule has 0 aliphatic carbocycles. The zero-order valence-electron chi connectivity index (χ0n) is 16.6. The molecule has 0 saturated heterocycles. The molecule has 3 aromatic carbocycles. The Labute approximate surface area is 186 Å². The van der Waals surface area contributed by atoms with Crippen LogP contribution in [0.5, 0.6) is 0 Å². The van der Waals surface area contributed by atoms with E-state index >= 15 is 0 Å². The van der Waals surface area contributed by atoms with Gasteiger partial charge in [0.05, 0.1) is 5.02 Å². The van der Waals surface area contributed by atoms with Crippen LogP contribution in [0.3, 0.4) is 0 Å². The van der Waals surface area contributed by atoms with E-state index in [0.717, 1.165) is 16.7 Å². The van der Waals surface area contributed by atoms with Crippen LogP contribution < -0.4 is 10.0 Å². The number of halogens is 2. The molecule has 0 spiro atoms. The van der Waals surface area contributed by atoms with Gasteiger partial charge in [-0.2, -0.15) is 0 Å². The number of sulfonamides is 1. The van der Waals surface area contributed by atoms with Crippen molar-refractivity contribution >= 4 is 50.5 Å². The van der Waals surface area contributed by atoms with Crippen molar-refractivity contribution in [2.45, 2.75) is 25.7 Å². The van der Waals surface area contributed by atoms with E-state index in [4.69, 9.17) is 23.2 Å². The maximum absolute atomic E-state index is 12.9. The van der Waals surface area contributed by atoms with Crippen LogP contribution in [0, 0.1) is 20.8 Å². The van der Waals surface area contributed by atoms with E-state index < -0.39 is 15.9 Å². The van der Waals surface area contributed by atoms with Gasteiger partial charge in [0.15, 0.2) is 0 Å². The second kappa shape index (κ2) is 8.68. The molecule has 3 aromatic rings. The smallest absolute Gasteiger partial charge is 0.263 e. The van der Waals surface area contributed by atoms with Gasteiger partial charge in [0.25, 0.3) is 15.9 Å². The van der Waals surface area contributed by atoms with Crippen molar-refractivity contribution < 1.29 is 13.2 Å². The lowest BCUT2D eigenvalue weighted by Gasteiger charge is -2.13. The molecule has 5 nitrogen and oxygen atoms in total. The summed E-state index contributed by atoms with van der Waals surface area (Å²) in [5, 5.41) is 3.34. The van der Waals surface area contributed by atoms with E-state index in [1.807, 2.05) is 26.8 Å². The molecule has 0 bridgehead atoms. The minimum Gasteiger partial charge on any atom is -0.322 e. The van der Waals surface area contributed by atoms with E-state index in [2.05, 4.69) is 10.0 Å². The Bertz CT molecular complexity index is 1240. The van der Waals surface area contributed by atoms with Crippen molar-refractivity contribution in [3.05, 3.63) is 86.9 Å². The molecule has 3 rings (SSSR count). The van der Waals surface area contributed by atoms with Gasteiger partial charge in [-0.15, -0.1) is 0 Å². The SMILES string of the molecule is Cc1ccc(NS(=O)(=O)c2cc(C(=O)Nc3ccc(Cl)cc3C)ccc2Cl)cc1C. The molecule has 0 aliphatic heterocycles. The Morgan fingerprint density at radius 2 is 1.57 bits per heavy atom. The molecule has 0 atom stereocenters. The second-order valence-electron chi connectivity index (χ2n) is 6.96. The topological polar surface area (TPSA) is 75.3 Å². The van der Waals surface area contributed by atoms with E-state index in [1.54, 1.807) is 30.3 Å². The van der Waals surface area contributed by atoms with Gasteiger partial charge in [-0.05, 0) is 86.0 Å². The quantitative estimate of drug-likeness (QED) is 0.490. The maximum Gasteiger partial charge on any atom is 0.263 e. The molecule has 156 valence electrons. The van der Waals surface area contributed by atoms with Crippen molar-refractivity contribution in [1.29, 1.82) is 0 Å². The highest BCUT2D eigenvalue weighted by molar-refractivity contribution is 7.92. The number of carbonyl (C=O) groups is 1. The average Bonchev–Trinajstić information content (AvgIpc) is 2.67. The lowest BCUT2D eigenvalue weighted by Crippen LogP contribution is -2.17. The summed E-state index contributed by atoms with van der Waals surface area (Å²) in [6.45, 7) is 5.64. The highest BCUT2D eigenvalue weighted by Crippen LogP contribution is 2.27. The van der Waals surface area contributed by atoms with Gasteiger partial charge in [0.2, 0.25) is 0 Å². The van der Waals surface area contributed by atoms with E-state index in [0.29, 0.717) is 16.4 Å². The fourth-order valence-corrected chi connectivity index (χ4v) is 4.63. The molecule has 0 aromatic heterocycles. The number of hydrogen-bond acceptors (Lipinski definition) is 3. The number of rotatable bonds is 5. The third-order valence-corrected chi connectivity index (χ3v) is 6.78. The zero-order chi connectivity index (χ0) is 22.1. The third kappa shape index (κ3) is 4.95. The average molecular weight is 463 g/mol. The first kappa shape index (κ1) is 22.2. The van der Waals surface area contributed by atoms with Crippen LogP contribution in [0.15, 0.2) is 59.5 Å². The Balaban J connectivity index is 1.89. The minimum atomic E-state index is -4.00. The summed E-state index contributed by atoms with van der Waals surface area (Å²) in [5.41, 5.74) is 3.95. The summed E-state index contributed by atoms with van der Waals surface area (Å²) < 4.78 is 28.3. The summed E-state index contributed by atoms with van der Waals surface area (Å²) in [7, 11) is -4.00. The molecule has 2 N–H and O–H groups in total. The molecule has 0 unspecified atom stereocenters.